The molecule has 0 spiro atoms. The lowest BCUT2D eigenvalue weighted by molar-refractivity contribution is -0.135. The minimum atomic E-state index is -0.0758. The number of rotatable bonds is 7. The molecule has 6 nitrogen and oxygen atoms in total. The van der Waals surface area contributed by atoms with Crippen LogP contribution in [0.5, 0.6) is 0 Å². The van der Waals surface area contributed by atoms with Crippen molar-refractivity contribution in [2.45, 2.75) is 71.3 Å². The number of hydrogen-bond acceptors (Lipinski definition) is 5. The fraction of sp³-hybridized carbons (Fsp3) is 0.800. The molecule has 0 aliphatic heterocycles. The van der Waals surface area contributed by atoms with Crippen molar-refractivity contribution in [2.24, 2.45) is 5.92 Å². The molecule has 1 amide bonds. The normalized spacial score (nSPS) is 16.3. The molecule has 1 fully saturated rings. The molecule has 1 aromatic heterocycles. The van der Waals surface area contributed by atoms with Gasteiger partial charge in [-0.1, -0.05) is 51.1 Å². The van der Waals surface area contributed by atoms with Crippen molar-refractivity contribution < 1.29 is 14.2 Å². The van der Waals surface area contributed by atoms with Crippen LogP contribution in [0, 0.1) is 5.92 Å². The number of aromatic nitrogens is 2. The molecule has 1 aliphatic carbocycles. The molecule has 0 bridgehead atoms. The van der Waals surface area contributed by atoms with Crippen LogP contribution in [0.3, 0.4) is 0 Å². The van der Waals surface area contributed by atoms with Crippen molar-refractivity contribution in [3.63, 3.8) is 0 Å². The molecular weight excluding hydrogens is 270 g/mol. The number of amides is 1. The number of carbonyl (C=O) groups excluding carboxylic acids is 1. The first-order valence-electron chi connectivity index (χ1n) is 7.88. The fourth-order valence-corrected chi connectivity index (χ4v) is 2.60. The van der Waals surface area contributed by atoms with Gasteiger partial charge in [0.05, 0.1) is 0 Å². The second-order valence-corrected chi connectivity index (χ2v) is 6.06. The molecule has 0 atom stereocenters. The molecule has 1 aliphatic rings. The lowest BCUT2D eigenvalue weighted by Crippen LogP contribution is -2.24. The van der Waals surface area contributed by atoms with E-state index in [1.54, 1.807) is 0 Å². The van der Waals surface area contributed by atoms with Crippen LogP contribution >= 0.6 is 0 Å². The van der Waals surface area contributed by atoms with Gasteiger partial charge in [-0.2, -0.15) is 4.98 Å². The van der Waals surface area contributed by atoms with Gasteiger partial charge in [-0.15, -0.1) is 0 Å². The van der Waals surface area contributed by atoms with E-state index in [1.807, 2.05) is 13.8 Å². The number of hydrogen-bond donors (Lipinski definition) is 1. The first-order chi connectivity index (χ1) is 10.1. The van der Waals surface area contributed by atoms with Crippen molar-refractivity contribution in [2.75, 3.05) is 0 Å². The van der Waals surface area contributed by atoms with Gasteiger partial charge in [0.25, 0.3) is 0 Å². The van der Waals surface area contributed by atoms with Crippen molar-refractivity contribution in [1.82, 2.24) is 15.6 Å². The Morgan fingerprint density at radius 1 is 1.38 bits per heavy atom. The summed E-state index contributed by atoms with van der Waals surface area (Å²) in [5.41, 5.74) is 2.45. The Bertz CT molecular complexity index is 439. The predicted octanol–water partition coefficient (Wildman–Crippen LogP) is 3.10. The Labute approximate surface area is 125 Å². The van der Waals surface area contributed by atoms with Crippen LogP contribution in [0.25, 0.3) is 0 Å². The molecule has 0 radical (unpaired) electrons. The molecule has 0 unspecified atom stereocenters. The van der Waals surface area contributed by atoms with Crippen LogP contribution in [0.1, 0.15) is 76.4 Å². The summed E-state index contributed by atoms with van der Waals surface area (Å²) < 4.78 is 5.06. The molecule has 0 aromatic carbocycles. The van der Waals surface area contributed by atoms with E-state index in [0.29, 0.717) is 24.1 Å². The third-order valence-corrected chi connectivity index (χ3v) is 3.87. The summed E-state index contributed by atoms with van der Waals surface area (Å²) >= 11 is 0. The Morgan fingerprint density at radius 3 is 2.81 bits per heavy atom. The average Bonchev–Trinajstić information content (AvgIpc) is 2.95. The summed E-state index contributed by atoms with van der Waals surface area (Å²) in [7, 11) is 0. The van der Waals surface area contributed by atoms with Crippen LogP contribution in [0.2, 0.25) is 0 Å². The van der Waals surface area contributed by atoms with Gasteiger partial charge in [0.2, 0.25) is 11.8 Å². The van der Waals surface area contributed by atoms with Crippen LogP contribution in [-0.2, 0) is 16.2 Å². The van der Waals surface area contributed by atoms with Gasteiger partial charge in [-0.3, -0.25) is 9.63 Å². The molecule has 1 aromatic rings. The molecule has 2 rings (SSSR count). The first-order valence-corrected chi connectivity index (χ1v) is 7.88. The topological polar surface area (TPSA) is 77.2 Å². The number of hydroxylamine groups is 1. The van der Waals surface area contributed by atoms with E-state index in [-0.39, 0.29) is 18.4 Å². The van der Waals surface area contributed by atoms with Crippen LogP contribution in [-0.4, -0.2) is 16.0 Å². The number of carbonyl (C=O) groups is 1. The molecule has 21 heavy (non-hydrogen) atoms. The minimum Gasteiger partial charge on any atom is -0.339 e. The summed E-state index contributed by atoms with van der Waals surface area (Å²) in [6.07, 6.45) is 7.94. The maximum atomic E-state index is 11.7. The Balaban J connectivity index is 1.59. The van der Waals surface area contributed by atoms with Gasteiger partial charge < -0.3 is 4.52 Å². The standard InChI is InChI=1S/C15H25N3O3/c1-11(2)15-16-13(17-21-15)10-20-18-14(19)9-8-12-6-4-3-5-7-12/h11-12H,3-10H2,1-2H3,(H,18,19). The molecule has 1 heterocycles. The second-order valence-electron chi connectivity index (χ2n) is 6.06. The van der Waals surface area contributed by atoms with Crippen LogP contribution in [0.15, 0.2) is 4.52 Å². The van der Waals surface area contributed by atoms with Gasteiger partial charge >= 0.3 is 0 Å². The van der Waals surface area contributed by atoms with Gasteiger partial charge in [0, 0.05) is 12.3 Å². The zero-order chi connectivity index (χ0) is 15.1. The Hall–Kier alpha value is -1.43. The van der Waals surface area contributed by atoms with Gasteiger partial charge in [-0.25, -0.2) is 5.48 Å². The van der Waals surface area contributed by atoms with Crippen LogP contribution < -0.4 is 5.48 Å². The molecular formula is C15H25N3O3. The summed E-state index contributed by atoms with van der Waals surface area (Å²) in [5.74, 6) is 1.85. The Kier molecular flexibility index (Phi) is 6.17. The summed E-state index contributed by atoms with van der Waals surface area (Å²) in [5, 5.41) is 3.79. The van der Waals surface area contributed by atoms with Crippen molar-refractivity contribution in [3.8, 4) is 0 Å². The van der Waals surface area contributed by atoms with E-state index in [4.69, 9.17) is 9.36 Å². The van der Waals surface area contributed by atoms with E-state index in [2.05, 4.69) is 15.6 Å². The summed E-state index contributed by atoms with van der Waals surface area (Å²) in [4.78, 5) is 21.0. The minimum absolute atomic E-state index is 0.0758. The lowest BCUT2D eigenvalue weighted by atomic mass is 9.86. The first kappa shape index (κ1) is 15.9. The molecule has 6 heteroatoms. The van der Waals surface area contributed by atoms with E-state index >= 15 is 0 Å². The zero-order valence-corrected chi connectivity index (χ0v) is 12.9. The van der Waals surface area contributed by atoms with Gasteiger partial charge in [0.15, 0.2) is 5.82 Å². The second kappa shape index (κ2) is 8.12. The van der Waals surface area contributed by atoms with Gasteiger partial charge in [0.1, 0.15) is 6.61 Å². The lowest BCUT2D eigenvalue weighted by Gasteiger charge is -2.20. The van der Waals surface area contributed by atoms with Crippen molar-refractivity contribution in [3.05, 3.63) is 11.7 Å². The van der Waals surface area contributed by atoms with E-state index in [9.17, 15) is 4.79 Å². The maximum Gasteiger partial charge on any atom is 0.243 e. The monoisotopic (exact) mass is 295 g/mol. The third-order valence-electron chi connectivity index (χ3n) is 3.87. The highest BCUT2D eigenvalue weighted by Gasteiger charge is 2.15. The summed E-state index contributed by atoms with van der Waals surface area (Å²) in [6.45, 7) is 4.09. The van der Waals surface area contributed by atoms with Crippen LogP contribution in [0.4, 0.5) is 0 Å². The van der Waals surface area contributed by atoms with E-state index < -0.39 is 0 Å². The molecule has 118 valence electrons. The molecule has 1 saturated carbocycles. The number of nitrogens with zero attached hydrogens (tertiary/aromatic N) is 2. The predicted molar refractivity (Wildman–Crippen MR) is 77.1 cm³/mol. The zero-order valence-electron chi connectivity index (χ0n) is 12.9. The smallest absolute Gasteiger partial charge is 0.243 e. The number of nitrogens with one attached hydrogen (secondary N) is 1. The van der Waals surface area contributed by atoms with E-state index in [1.165, 1.54) is 32.1 Å². The summed E-state index contributed by atoms with van der Waals surface area (Å²) in [6, 6.07) is 0. The quantitative estimate of drug-likeness (QED) is 0.782. The Morgan fingerprint density at radius 2 is 2.14 bits per heavy atom. The highest BCUT2D eigenvalue weighted by Crippen LogP contribution is 2.27. The highest BCUT2D eigenvalue weighted by atomic mass is 16.7. The third kappa shape index (κ3) is 5.46. The molecule has 0 saturated heterocycles. The molecule has 1 N–H and O–H groups in total. The average molecular weight is 295 g/mol. The largest absolute Gasteiger partial charge is 0.339 e. The highest BCUT2D eigenvalue weighted by molar-refractivity contribution is 5.74. The van der Waals surface area contributed by atoms with Crippen molar-refractivity contribution >= 4 is 5.91 Å². The van der Waals surface area contributed by atoms with Crippen molar-refractivity contribution in [1.29, 1.82) is 0 Å². The van der Waals surface area contributed by atoms with E-state index in [0.717, 1.165) is 6.42 Å². The van der Waals surface area contributed by atoms with Gasteiger partial charge in [-0.05, 0) is 12.3 Å². The SMILES string of the molecule is CC(C)c1nc(CONC(=O)CCC2CCCCC2)no1. The maximum absolute atomic E-state index is 11.7. The fourth-order valence-electron chi connectivity index (χ4n) is 2.60.